The van der Waals surface area contributed by atoms with Crippen LogP contribution in [0.5, 0.6) is 0 Å². The maximum absolute atomic E-state index is 8.85. The molecular weight excluding hydrogens is 148 g/mol. The molecule has 0 unspecified atom stereocenters. The Kier molecular flexibility index (Phi) is 2.20. The van der Waals surface area contributed by atoms with Crippen molar-refractivity contribution in [2.75, 3.05) is 0 Å². The fraction of sp³-hybridized carbons (Fsp3) is 0.600. The van der Waals surface area contributed by atoms with E-state index >= 15 is 0 Å². The minimum absolute atomic E-state index is 0.499. The van der Waals surface area contributed by atoms with E-state index in [0.717, 1.165) is 18.4 Å². The van der Waals surface area contributed by atoms with Crippen molar-refractivity contribution in [3.63, 3.8) is 0 Å². The van der Waals surface area contributed by atoms with E-state index in [1.165, 1.54) is 0 Å². The standard InChI is InChI=1S/C10H12N2/c1-3-9(8-4-5-8)10(2,6-11)7-12/h3,8H,4-5H2,1-2H3/b9-3-. The van der Waals surface area contributed by atoms with E-state index < -0.39 is 5.41 Å². The zero-order valence-electron chi connectivity index (χ0n) is 7.46. The highest BCUT2D eigenvalue weighted by atomic mass is 14.5. The molecule has 1 saturated carbocycles. The molecule has 2 nitrogen and oxygen atoms in total. The maximum atomic E-state index is 8.85. The lowest BCUT2D eigenvalue weighted by Crippen LogP contribution is -2.15. The molecule has 1 rings (SSSR count). The van der Waals surface area contributed by atoms with Gasteiger partial charge in [0.1, 0.15) is 0 Å². The fourth-order valence-corrected chi connectivity index (χ4v) is 1.48. The van der Waals surface area contributed by atoms with Gasteiger partial charge < -0.3 is 0 Å². The predicted molar refractivity (Wildman–Crippen MR) is 45.8 cm³/mol. The largest absolute Gasteiger partial charge is 0.196 e. The van der Waals surface area contributed by atoms with Crippen molar-refractivity contribution in [1.29, 1.82) is 10.5 Å². The Bertz CT molecular complexity index is 270. The third-order valence-corrected chi connectivity index (χ3v) is 2.35. The molecule has 12 heavy (non-hydrogen) atoms. The molecule has 0 aromatic rings. The summed E-state index contributed by atoms with van der Waals surface area (Å²) in [6.07, 6.45) is 4.20. The molecule has 0 heterocycles. The third kappa shape index (κ3) is 1.34. The normalized spacial score (nSPS) is 18.2. The Morgan fingerprint density at radius 2 is 1.92 bits per heavy atom. The Labute approximate surface area is 73.1 Å². The Morgan fingerprint density at radius 3 is 2.17 bits per heavy atom. The molecule has 0 aromatic heterocycles. The maximum Gasteiger partial charge on any atom is 0.162 e. The molecular formula is C10H12N2. The number of nitriles is 2. The van der Waals surface area contributed by atoms with Crippen LogP contribution in [0.15, 0.2) is 11.6 Å². The number of hydrogen-bond acceptors (Lipinski definition) is 2. The molecule has 2 heteroatoms. The van der Waals surface area contributed by atoms with Gasteiger partial charge in [-0.25, -0.2) is 0 Å². The average Bonchev–Trinajstić information content (AvgIpc) is 2.89. The van der Waals surface area contributed by atoms with E-state index in [-0.39, 0.29) is 0 Å². The zero-order chi connectivity index (χ0) is 9.19. The van der Waals surface area contributed by atoms with Crippen LogP contribution in [0.3, 0.4) is 0 Å². The van der Waals surface area contributed by atoms with Crippen LogP contribution < -0.4 is 0 Å². The quantitative estimate of drug-likeness (QED) is 0.582. The molecule has 0 saturated heterocycles. The second-order valence-corrected chi connectivity index (χ2v) is 3.37. The van der Waals surface area contributed by atoms with Gasteiger partial charge in [0.25, 0.3) is 0 Å². The molecule has 0 spiro atoms. The lowest BCUT2D eigenvalue weighted by atomic mass is 9.82. The average molecular weight is 160 g/mol. The number of allylic oxidation sites excluding steroid dienone is 2. The Balaban J connectivity index is 2.93. The Hall–Kier alpha value is -1.28. The predicted octanol–water partition coefficient (Wildman–Crippen LogP) is 2.40. The van der Waals surface area contributed by atoms with E-state index in [9.17, 15) is 0 Å². The van der Waals surface area contributed by atoms with Gasteiger partial charge in [0, 0.05) is 0 Å². The molecule has 1 aliphatic carbocycles. The molecule has 0 amide bonds. The van der Waals surface area contributed by atoms with Gasteiger partial charge in [-0.05, 0) is 38.2 Å². The first-order valence-electron chi connectivity index (χ1n) is 4.17. The fourth-order valence-electron chi connectivity index (χ4n) is 1.48. The summed E-state index contributed by atoms with van der Waals surface area (Å²) >= 11 is 0. The summed E-state index contributed by atoms with van der Waals surface area (Å²) in [5.41, 5.74) is 0.114. The molecule has 0 bridgehead atoms. The minimum Gasteiger partial charge on any atom is -0.196 e. The summed E-state index contributed by atoms with van der Waals surface area (Å²) in [5, 5.41) is 17.7. The van der Waals surface area contributed by atoms with E-state index in [4.69, 9.17) is 10.5 Å². The minimum atomic E-state index is -0.893. The zero-order valence-corrected chi connectivity index (χ0v) is 7.46. The van der Waals surface area contributed by atoms with Crippen LogP contribution in [0.4, 0.5) is 0 Å². The lowest BCUT2D eigenvalue weighted by molar-refractivity contribution is 0.643. The number of hydrogen-bond donors (Lipinski definition) is 0. The van der Waals surface area contributed by atoms with Crippen LogP contribution >= 0.6 is 0 Å². The van der Waals surface area contributed by atoms with Crippen LogP contribution in [0, 0.1) is 34.0 Å². The van der Waals surface area contributed by atoms with Crippen molar-refractivity contribution in [2.45, 2.75) is 26.7 Å². The monoisotopic (exact) mass is 160 g/mol. The first-order valence-corrected chi connectivity index (χ1v) is 4.17. The third-order valence-electron chi connectivity index (χ3n) is 2.35. The molecule has 0 N–H and O–H groups in total. The first kappa shape index (κ1) is 8.81. The van der Waals surface area contributed by atoms with Gasteiger partial charge in [-0.2, -0.15) is 10.5 Å². The number of rotatable bonds is 2. The van der Waals surface area contributed by atoms with Gasteiger partial charge in [-0.15, -0.1) is 0 Å². The van der Waals surface area contributed by atoms with E-state index in [1.807, 2.05) is 13.0 Å². The van der Waals surface area contributed by atoms with Crippen molar-refractivity contribution in [3.8, 4) is 12.1 Å². The molecule has 0 radical (unpaired) electrons. The summed E-state index contributed by atoms with van der Waals surface area (Å²) in [6.45, 7) is 3.60. The smallest absolute Gasteiger partial charge is 0.162 e. The topological polar surface area (TPSA) is 47.6 Å². The van der Waals surface area contributed by atoms with Gasteiger partial charge in [0.2, 0.25) is 0 Å². The SMILES string of the molecule is C/C=C(/C1CC1)C(C)(C#N)C#N. The van der Waals surface area contributed by atoms with Crippen LogP contribution in [0.1, 0.15) is 26.7 Å². The molecule has 0 atom stereocenters. The number of nitrogens with zero attached hydrogens (tertiary/aromatic N) is 2. The van der Waals surface area contributed by atoms with Crippen LogP contribution in [-0.4, -0.2) is 0 Å². The summed E-state index contributed by atoms with van der Waals surface area (Å²) in [4.78, 5) is 0. The molecule has 62 valence electrons. The van der Waals surface area contributed by atoms with Gasteiger partial charge in [0.05, 0.1) is 12.1 Å². The highest BCUT2D eigenvalue weighted by molar-refractivity contribution is 5.34. The van der Waals surface area contributed by atoms with Crippen molar-refractivity contribution in [2.24, 2.45) is 11.3 Å². The molecule has 0 aromatic carbocycles. The van der Waals surface area contributed by atoms with Crippen LogP contribution in [-0.2, 0) is 0 Å². The lowest BCUT2D eigenvalue weighted by Gasteiger charge is -2.15. The van der Waals surface area contributed by atoms with Crippen molar-refractivity contribution >= 4 is 0 Å². The second kappa shape index (κ2) is 2.99. The van der Waals surface area contributed by atoms with Gasteiger partial charge >= 0.3 is 0 Å². The van der Waals surface area contributed by atoms with Crippen molar-refractivity contribution < 1.29 is 0 Å². The molecule has 0 aliphatic heterocycles. The van der Waals surface area contributed by atoms with Crippen molar-refractivity contribution in [1.82, 2.24) is 0 Å². The van der Waals surface area contributed by atoms with Gasteiger partial charge in [-0.1, -0.05) is 6.08 Å². The first-order chi connectivity index (χ1) is 5.68. The highest BCUT2D eigenvalue weighted by Crippen LogP contribution is 2.44. The summed E-state index contributed by atoms with van der Waals surface area (Å²) < 4.78 is 0. The van der Waals surface area contributed by atoms with Gasteiger partial charge in [-0.3, -0.25) is 0 Å². The van der Waals surface area contributed by atoms with E-state index in [0.29, 0.717) is 5.92 Å². The van der Waals surface area contributed by atoms with E-state index in [2.05, 4.69) is 12.1 Å². The summed E-state index contributed by atoms with van der Waals surface area (Å²) in [7, 11) is 0. The second-order valence-electron chi connectivity index (χ2n) is 3.37. The van der Waals surface area contributed by atoms with Gasteiger partial charge in [0.15, 0.2) is 5.41 Å². The molecule has 1 fully saturated rings. The molecule has 1 aliphatic rings. The van der Waals surface area contributed by atoms with Crippen molar-refractivity contribution in [3.05, 3.63) is 11.6 Å². The Morgan fingerprint density at radius 1 is 1.42 bits per heavy atom. The van der Waals surface area contributed by atoms with E-state index in [1.54, 1.807) is 6.92 Å². The summed E-state index contributed by atoms with van der Waals surface area (Å²) in [6, 6.07) is 4.14. The summed E-state index contributed by atoms with van der Waals surface area (Å²) in [5.74, 6) is 0.499. The highest BCUT2D eigenvalue weighted by Gasteiger charge is 2.38. The van der Waals surface area contributed by atoms with Crippen LogP contribution in [0.2, 0.25) is 0 Å². The van der Waals surface area contributed by atoms with Crippen LogP contribution in [0.25, 0.3) is 0 Å².